The first-order chi connectivity index (χ1) is 16.1. The summed E-state index contributed by atoms with van der Waals surface area (Å²) in [4.78, 5) is 8.04. The van der Waals surface area contributed by atoms with Gasteiger partial charge in [-0.25, -0.2) is 4.98 Å². The van der Waals surface area contributed by atoms with E-state index in [1.54, 1.807) is 0 Å². The number of aromatic nitrogens is 4. The van der Waals surface area contributed by atoms with Gasteiger partial charge in [-0.2, -0.15) is 39.7 Å². The third-order valence-corrected chi connectivity index (χ3v) is 6.08. The van der Waals surface area contributed by atoms with E-state index in [-0.39, 0.29) is 38.7 Å². The lowest BCUT2D eigenvalue weighted by Crippen LogP contribution is -2.28. The van der Waals surface area contributed by atoms with E-state index in [0.717, 1.165) is 22.9 Å². The number of benzene rings is 1. The van der Waals surface area contributed by atoms with Crippen molar-refractivity contribution in [3.8, 4) is 28.7 Å². The summed E-state index contributed by atoms with van der Waals surface area (Å²) in [5.74, 6) is -1.44. The molecule has 0 N–H and O–H groups in total. The highest BCUT2D eigenvalue weighted by Gasteiger charge is 2.49. The van der Waals surface area contributed by atoms with Crippen LogP contribution in [0.2, 0.25) is 15.1 Å². The predicted octanol–water partition coefficient (Wildman–Crippen LogP) is 6.26. The van der Waals surface area contributed by atoms with Crippen molar-refractivity contribution in [1.29, 1.82) is 0 Å². The van der Waals surface area contributed by atoms with Crippen LogP contribution in [0.15, 0.2) is 35.1 Å². The smallest absolute Gasteiger partial charge is 0.374 e. The Morgan fingerprint density at radius 3 is 2.23 bits per heavy atom. The van der Waals surface area contributed by atoms with Gasteiger partial charge in [-0.15, -0.1) is 0 Å². The Morgan fingerprint density at radius 1 is 0.914 bits per heavy atom. The van der Waals surface area contributed by atoms with Crippen LogP contribution < -0.4 is 4.18 Å². The Morgan fingerprint density at radius 2 is 1.60 bits per heavy atom. The van der Waals surface area contributed by atoms with E-state index in [0.29, 0.717) is 12.1 Å². The summed E-state index contributed by atoms with van der Waals surface area (Å²) in [6.07, 6.45) is -2.77. The van der Waals surface area contributed by atoms with Gasteiger partial charge in [0.1, 0.15) is 5.69 Å². The number of hydrogen-bond acceptors (Lipinski definition) is 7. The van der Waals surface area contributed by atoms with E-state index < -0.39 is 38.1 Å². The summed E-state index contributed by atoms with van der Waals surface area (Å²) >= 11 is 17.7. The molecular weight excluding hydrogens is 577 g/mol. The number of pyridine rings is 1. The van der Waals surface area contributed by atoms with Crippen molar-refractivity contribution in [2.45, 2.75) is 11.7 Å². The molecule has 8 nitrogen and oxygen atoms in total. The molecular formula is C17H5Cl3F6N4O4S. The first-order valence-electron chi connectivity index (χ1n) is 8.66. The normalized spacial score (nSPS) is 12.9. The minimum atomic E-state index is -6.01. The van der Waals surface area contributed by atoms with Gasteiger partial charge in [-0.3, -0.25) is 0 Å². The molecule has 186 valence electrons. The Bertz CT molecular complexity index is 1570. The molecule has 0 aliphatic heterocycles. The van der Waals surface area contributed by atoms with Gasteiger partial charge in [0.2, 0.25) is 5.82 Å². The lowest BCUT2D eigenvalue weighted by Gasteiger charge is -2.11. The fraction of sp³-hybridized carbons (Fsp3) is 0.118. The van der Waals surface area contributed by atoms with E-state index >= 15 is 0 Å². The number of hydrogen-bond donors (Lipinski definition) is 0. The van der Waals surface area contributed by atoms with Crippen molar-refractivity contribution >= 4 is 50.6 Å². The standard InChI is InChI=1S/C17H5Cl3F6N4O4S/c18-8-3-12(34-35(31,32)17(24,25)26)9(19)2-7(8)13-28-15(33-29-13)11-5-30-4-6(16(21,22)23)1-10(20)14(30)27-11/h1-5H. The molecule has 4 rings (SSSR count). The van der Waals surface area contributed by atoms with Crippen molar-refractivity contribution in [1.82, 2.24) is 19.5 Å². The molecule has 0 saturated heterocycles. The number of alkyl halides is 6. The van der Waals surface area contributed by atoms with Crippen LogP contribution in [0, 0.1) is 0 Å². The van der Waals surface area contributed by atoms with Crippen LogP contribution in [-0.4, -0.2) is 33.5 Å². The van der Waals surface area contributed by atoms with Crippen LogP contribution in [0.25, 0.3) is 28.6 Å². The second kappa shape index (κ2) is 8.43. The van der Waals surface area contributed by atoms with E-state index in [2.05, 4.69) is 19.3 Å². The van der Waals surface area contributed by atoms with Crippen molar-refractivity contribution in [2.75, 3.05) is 0 Å². The van der Waals surface area contributed by atoms with E-state index in [1.165, 1.54) is 0 Å². The van der Waals surface area contributed by atoms with Crippen molar-refractivity contribution in [2.24, 2.45) is 0 Å². The lowest BCUT2D eigenvalue weighted by atomic mass is 10.2. The highest BCUT2D eigenvalue weighted by atomic mass is 35.5. The minimum Gasteiger partial charge on any atom is -0.374 e. The molecule has 0 unspecified atom stereocenters. The van der Waals surface area contributed by atoms with Crippen LogP contribution >= 0.6 is 34.8 Å². The molecule has 18 heteroatoms. The van der Waals surface area contributed by atoms with E-state index in [9.17, 15) is 34.8 Å². The molecule has 0 atom stereocenters. The average molecular weight is 582 g/mol. The molecule has 35 heavy (non-hydrogen) atoms. The van der Waals surface area contributed by atoms with Gasteiger partial charge in [0.15, 0.2) is 11.4 Å². The van der Waals surface area contributed by atoms with Crippen molar-refractivity contribution < 1.29 is 43.5 Å². The molecule has 0 spiro atoms. The molecule has 1 aromatic carbocycles. The average Bonchev–Trinajstić information content (AvgIpc) is 3.36. The molecule has 0 amide bonds. The number of fused-ring (bicyclic) bond motifs is 1. The monoisotopic (exact) mass is 580 g/mol. The quantitative estimate of drug-likeness (QED) is 0.159. The summed E-state index contributed by atoms with van der Waals surface area (Å²) < 4.78 is 109. The molecule has 0 aliphatic rings. The number of halogens is 9. The largest absolute Gasteiger partial charge is 0.534 e. The van der Waals surface area contributed by atoms with Gasteiger partial charge in [0, 0.05) is 24.0 Å². The first kappa shape index (κ1) is 25.3. The fourth-order valence-corrected chi connectivity index (χ4v) is 3.89. The molecule has 0 bridgehead atoms. The molecule has 3 aromatic heterocycles. The Kier molecular flexibility index (Phi) is 6.10. The maximum Gasteiger partial charge on any atom is 0.534 e. The zero-order valence-electron chi connectivity index (χ0n) is 16.1. The summed E-state index contributed by atoms with van der Waals surface area (Å²) in [6.45, 7) is 0. The predicted molar refractivity (Wildman–Crippen MR) is 110 cm³/mol. The molecule has 3 heterocycles. The number of imidazole rings is 1. The fourth-order valence-electron chi connectivity index (χ4n) is 2.68. The number of nitrogens with zero attached hydrogens (tertiary/aromatic N) is 4. The van der Waals surface area contributed by atoms with Gasteiger partial charge >= 0.3 is 21.8 Å². The first-order valence-corrected chi connectivity index (χ1v) is 11.2. The topological polar surface area (TPSA) is 99.6 Å². The maximum atomic E-state index is 13.0. The minimum absolute atomic E-state index is 0.0390. The third-order valence-electron chi connectivity index (χ3n) is 4.22. The summed E-state index contributed by atoms with van der Waals surface area (Å²) in [7, 11) is -6.01. The Labute approximate surface area is 205 Å². The van der Waals surface area contributed by atoms with Gasteiger partial charge < -0.3 is 13.1 Å². The van der Waals surface area contributed by atoms with Crippen molar-refractivity contribution in [3.05, 3.63) is 51.2 Å². The third kappa shape index (κ3) is 4.85. The van der Waals surface area contributed by atoms with Gasteiger partial charge in [0.05, 0.1) is 20.6 Å². The molecule has 0 saturated carbocycles. The molecule has 0 fully saturated rings. The SMILES string of the molecule is O=S(=O)(Oc1cc(Cl)c(-c2noc(-c3cn4cc(C(F)(F)F)cc(Cl)c4n3)n2)cc1Cl)C(F)(F)F. The second-order valence-electron chi connectivity index (χ2n) is 6.60. The Hall–Kier alpha value is -2.75. The zero-order chi connectivity index (χ0) is 25.9. The van der Waals surface area contributed by atoms with Crippen LogP contribution in [0.3, 0.4) is 0 Å². The van der Waals surface area contributed by atoms with Crippen LogP contribution in [0.5, 0.6) is 5.75 Å². The van der Waals surface area contributed by atoms with E-state index in [1.807, 2.05) is 0 Å². The summed E-state index contributed by atoms with van der Waals surface area (Å²) in [6, 6.07) is 2.31. The van der Waals surface area contributed by atoms with Crippen LogP contribution in [0.4, 0.5) is 26.3 Å². The molecule has 4 aromatic rings. The summed E-state index contributed by atoms with van der Waals surface area (Å²) in [5, 5.41) is 2.39. The van der Waals surface area contributed by atoms with Gasteiger partial charge in [-0.05, 0) is 12.1 Å². The van der Waals surface area contributed by atoms with Crippen LogP contribution in [-0.2, 0) is 16.3 Å². The van der Waals surface area contributed by atoms with Gasteiger partial charge in [-0.1, -0.05) is 40.0 Å². The molecule has 0 aliphatic carbocycles. The maximum absolute atomic E-state index is 13.0. The highest BCUT2D eigenvalue weighted by molar-refractivity contribution is 7.88. The van der Waals surface area contributed by atoms with Gasteiger partial charge in [0.25, 0.3) is 5.89 Å². The molecule has 0 radical (unpaired) electrons. The highest BCUT2D eigenvalue weighted by Crippen LogP contribution is 2.39. The Balaban J connectivity index is 1.69. The van der Waals surface area contributed by atoms with Crippen molar-refractivity contribution in [3.63, 3.8) is 0 Å². The van der Waals surface area contributed by atoms with E-state index in [4.69, 9.17) is 39.3 Å². The summed E-state index contributed by atoms with van der Waals surface area (Å²) in [5.41, 5.74) is -6.93. The lowest BCUT2D eigenvalue weighted by molar-refractivity contribution is -0.137. The number of rotatable bonds is 4. The zero-order valence-corrected chi connectivity index (χ0v) is 19.2. The second-order valence-corrected chi connectivity index (χ2v) is 9.36. The van der Waals surface area contributed by atoms with Crippen LogP contribution in [0.1, 0.15) is 5.56 Å².